The lowest BCUT2D eigenvalue weighted by atomic mass is 10.1. The third-order valence-electron chi connectivity index (χ3n) is 4.60. The van der Waals surface area contributed by atoms with Gasteiger partial charge in [0.15, 0.2) is 0 Å². The molecule has 0 amide bonds. The summed E-state index contributed by atoms with van der Waals surface area (Å²) >= 11 is 0. The van der Waals surface area contributed by atoms with E-state index in [1.165, 1.54) is 6.07 Å². The van der Waals surface area contributed by atoms with Crippen molar-refractivity contribution in [3.8, 4) is 11.4 Å². The topological polar surface area (TPSA) is 49.0 Å². The summed E-state index contributed by atoms with van der Waals surface area (Å²) in [6.07, 6.45) is 0.593. The fourth-order valence-corrected chi connectivity index (χ4v) is 3.25. The Balaban J connectivity index is 1.59. The van der Waals surface area contributed by atoms with Crippen molar-refractivity contribution in [1.82, 2.24) is 14.9 Å². The fraction of sp³-hybridized carbons (Fsp3) is 0.200. The van der Waals surface area contributed by atoms with Crippen molar-refractivity contribution in [3.63, 3.8) is 0 Å². The Morgan fingerprint density at radius 1 is 1.12 bits per heavy atom. The summed E-state index contributed by atoms with van der Waals surface area (Å²) in [5.74, 6) is -0.353. The summed E-state index contributed by atoms with van der Waals surface area (Å²) < 4.78 is 27.2. The highest BCUT2D eigenvalue weighted by atomic mass is 19.1. The highest BCUT2D eigenvalue weighted by molar-refractivity contribution is 5.54. The number of aromatic nitrogens is 2. The Hall–Kier alpha value is -2.86. The Kier molecular flexibility index (Phi) is 4.34. The minimum atomic E-state index is -0.467. The first-order chi connectivity index (χ1) is 12.6. The number of halogens is 2. The summed E-state index contributed by atoms with van der Waals surface area (Å²) in [5.41, 5.74) is 2.32. The standard InChI is InChI=1S/C20H17F2N3O/c21-15-6-7-17(22)14(10-15)11-25-9-8-18-16(12-25)20(26)24-19(23-18)13-4-2-1-3-5-13/h1-7,10H,8-9,11-12H2,(H,23,24,26). The SMILES string of the molecule is O=c1[nH]c(-c2ccccc2)nc2c1CN(Cc1cc(F)ccc1F)CC2. The number of nitrogens with zero attached hydrogens (tertiary/aromatic N) is 2. The van der Waals surface area contributed by atoms with Crippen LogP contribution in [0, 0.1) is 11.6 Å². The van der Waals surface area contributed by atoms with Crippen LogP contribution in [0.25, 0.3) is 11.4 Å². The van der Waals surface area contributed by atoms with Crippen LogP contribution < -0.4 is 5.56 Å². The normalized spacial score (nSPS) is 14.2. The van der Waals surface area contributed by atoms with Gasteiger partial charge in [0.25, 0.3) is 5.56 Å². The molecule has 132 valence electrons. The fourth-order valence-electron chi connectivity index (χ4n) is 3.25. The average Bonchev–Trinajstić information content (AvgIpc) is 2.66. The van der Waals surface area contributed by atoms with Gasteiger partial charge in [0.2, 0.25) is 0 Å². The van der Waals surface area contributed by atoms with E-state index < -0.39 is 11.6 Å². The average molecular weight is 353 g/mol. The zero-order chi connectivity index (χ0) is 18.1. The minimum absolute atomic E-state index is 0.182. The quantitative estimate of drug-likeness (QED) is 0.786. The van der Waals surface area contributed by atoms with Crippen LogP contribution in [0.15, 0.2) is 53.3 Å². The second-order valence-corrected chi connectivity index (χ2v) is 6.40. The van der Waals surface area contributed by atoms with E-state index in [2.05, 4.69) is 9.97 Å². The van der Waals surface area contributed by atoms with E-state index in [1.807, 2.05) is 35.2 Å². The van der Waals surface area contributed by atoms with Crippen LogP contribution in [0.3, 0.4) is 0 Å². The summed E-state index contributed by atoms with van der Waals surface area (Å²) in [7, 11) is 0. The largest absolute Gasteiger partial charge is 0.306 e. The number of aromatic amines is 1. The van der Waals surface area contributed by atoms with Gasteiger partial charge in [0.05, 0.1) is 11.3 Å². The minimum Gasteiger partial charge on any atom is -0.306 e. The molecule has 0 saturated heterocycles. The molecule has 1 aromatic heterocycles. The molecule has 2 heterocycles. The maximum atomic E-state index is 13.9. The predicted molar refractivity (Wildman–Crippen MR) is 94.5 cm³/mol. The summed E-state index contributed by atoms with van der Waals surface area (Å²) in [6.45, 7) is 1.25. The lowest BCUT2D eigenvalue weighted by Crippen LogP contribution is -2.35. The van der Waals surface area contributed by atoms with Crippen molar-refractivity contribution < 1.29 is 8.78 Å². The molecule has 0 radical (unpaired) electrons. The smallest absolute Gasteiger partial charge is 0.255 e. The zero-order valence-electron chi connectivity index (χ0n) is 14.0. The molecule has 1 aliphatic heterocycles. The van der Waals surface area contributed by atoms with Gasteiger partial charge in [-0.05, 0) is 18.2 Å². The number of benzene rings is 2. The van der Waals surface area contributed by atoms with E-state index in [9.17, 15) is 13.6 Å². The van der Waals surface area contributed by atoms with Crippen LogP contribution in [-0.2, 0) is 19.5 Å². The van der Waals surface area contributed by atoms with Crippen molar-refractivity contribution >= 4 is 0 Å². The molecular formula is C20H17F2N3O. The van der Waals surface area contributed by atoms with Crippen molar-refractivity contribution in [1.29, 1.82) is 0 Å². The number of fused-ring (bicyclic) bond motifs is 1. The van der Waals surface area contributed by atoms with Crippen molar-refractivity contribution in [2.45, 2.75) is 19.5 Å². The number of nitrogens with one attached hydrogen (secondary N) is 1. The number of rotatable bonds is 3. The molecule has 1 N–H and O–H groups in total. The Bertz CT molecular complexity index is 1000. The van der Waals surface area contributed by atoms with Crippen LogP contribution in [0.4, 0.5) is 8.78 Å². The van der Waals surface area contributed by atoms with Crippen LogP contribution in [0.2, 0.25) is 0 Å². The Morgan fingerprint density at radius 2 is 1.92 bits per heavy atom. The first kappa shape index (κ1) is 16.6. The first-order valence-corrected chi connectivity index (χ1v) is 8.44. The van der Waals surface area contributed by atoms with E-state index in [0.29, 0.717) is 36.5 Å². The van der Waals surface area contributed by atoms with Crippen molar-refractivity contribution in [2.75, 3.05) is 6.54 Å². The molecule has 4 nitrogen and oxygen atoms in total. The van der Waals surface area contributed by atoms with Gasteiger partial charge in [-0.15, -0.1) is 0 Å². The maximum absolute atomic E-state index is 13.9. The molecule has 0 bridgehead atoms. The maximum Gasteiger partial charge on any atom is 0.255 e. The lowest BCUT2D eigenvalue weighted by Gasteiger charge is -2.27. The molecule has 0 unspecified atom stereocenters. The zero-order valence-corrected chi connectivity index (χ0v) is 14.0. The molecular weight excluding hydrogens is 336 g/mol. The van der Waals surface area contributed by atoms with Crippen LogP contribution in [0.1, 0.15) is 16.8 Å². The molecule has 0 atom stereocenters. The van der Waals surface area contributed by atoms with Crippen molar-refractivity contribution in [3.05, 3.63) is 87.3 Å². The predicted octanol–water partition coefficient (Wildman–Crippen LogP) is 3.27. The Morgan fingerprint density at radius 3 is 2.73 bits per heavy atom. The third-order valence-corrected chi connectivity index (χ3v) is 4.60. The molecule has 0 spiro atoms. The third kappa shape index (κ3) is 3.28. The van der Waals surface area contributed by atoms with Crippen LogP contribution in [0.5, 0.6) is 0 Å². The lowest BCUT2D eigenvalue weighted by molar-refractivity contribution is 0.238. The van der Waals surface area contributed by atoms with Gasteiger partial charge in [0.1, 0.15) is 17.5 Å². The highest BCUT2D eigenvalue weighted by Gasteiger charge is 2.22. The summed E-state index contributed by atoms with van der Waals surface area (Å²) in [5, 5.41) is 0. The van der Waals surface area contributed by atoms with E-state index >= 15 is 0 Å². The van der Waals surface area contributed by atoms with E-state index in [-0.39, 0.29) is 12.1 Å². The highest BCUT2D eigenvalue weighted by Crippen LogP contribution is 2.21. The monoisotopic (exact) mass is 353 g/mol. The first-order valence-electron chi connectivity index (χ1n) is 8.44. The number of hydrogen-bond acceptors (Lipinski definition) is 3. The molecule has 3 aromatic rings. The van der Waals surface area contributed by atoms with Gasteiger partial charge in [-0.2, -0.15) is 0 Å². The molecule has 6 heteroatoms. The Labute approximate surface area is 149 Å². The van der Waals surface area contributed by atoms with Gasteiger partial charge in [-0.25, -0.2) is 13.8 Å². The molecule has 0 fully saturated rings. The summed E-state index contributed by atoms with van der Waals surface area (Å²) in [4.78, 5) is 21.9. The van der Waals surface area contributed by atoms with Gasteiger partial charge >= 0.3 is 0 Å². The number of hydrogen-bond donors (Lipinski definition) is 1. The molecule has 0 saturated carbocycles. The molecule has 2 aromatic carbocycles. The molecule has 0 aliphatic carbocycles. The van der Waals surface area contributed by atoms with Crippen LogP contribution >= 0.6 is 0 Å². The molecule has 4 rings (SSSR count). The van der Waals surface area contributed by atoms with Gasteiger partial charge in [-0.1, -0.05) is 30.3 Å². The van der Waals surface area contributed by atoms with Crippen molar-refractivity contribution in [2.24, 2.45) is 0 Å². The van der Waals surface area contributed by atoms with E-state index in [4.69, 9.17) is 0 Å². The second-order valence-electron chi connectivity index (χ2n) is 6.40. The second kappa shape index (κ2) is 6.80. The summed E-state index contributed by atoms with van der Waals surface area (Å²) in [6, 6.07) is 12.9. The van der Waals surface area contributed by atoms with Gasteiger partial charge in [0, 0.05) is 37.2 Å². The number of H-pyrrole nitrogens is 1. The van der Waals surface area contributed by atoms with Gasteiger partial charge < -0.3 is 4.98 Å². The molecule has 26 heavy (non-hydrogen) atoms. The van der Waals surface area contributed by atoms with E-state index in [0.717, 1.165) is 23.4 Å². The molecule has 1 aliphatic rings. The van der Waals surface area contributed by atoms with E-state index in [1.54, 1.807) is 0 Å². The van der Waals surface area contributed by atoms with Crippen LogP contribution in [-0.4, -0.2) is 21.4 Å². The van der Waals surface area contributed by atoms with Gasteiger partial charge in [-0.3, -0.25) is 9.69 Å².